The summed E-state index contributed by atoms with van der Waals surface area (Å²) in [6, 6.07) is 0. The van der Waals surface area contributed by atoms with Crippen molar-refractivity contribution in [1.29, 1.82) is 0 Å². The molecule has 0 aromatic rings. The SMILES string of the molecule is CCC12CCC(OS(=O)(=O)O)CC1=CCC1C2CCC2(C)C(C(C)CCCC(C)(C)O)CCC12. The van der Waals surface area contributed by atoms with Gasteiger partial charge in [0.2, 0.25) is 0 Å². The number of hydrogen-bond acceptors (Lipinski definition) is 4. The van der Waals surface area contributed by atoms with E-state index in [4.69, 9.17) is 4.18 Å². The summed E-state index contributed by atoms with van der Waals surface area (Å²) in [6.45, 7) is 11.2. The molecule has 4 aliphatic rings. The second-order valence-electron chi connectivity index (χ2n) is 13.2. The van der Waals surface area contributed by atoms with Gasteiger partial charge in [-0.25, -0.2) is 4.18 Å². The van der Waals surface area contributed by atoms with Crippen LogP contribution in [0.4, 0.5) is 0 Å². The van der Waals surface area contributed by atoms with Crippen molar-refractivity contribution < 1.29 is 22.3 Å². The van der Waals surface area contributed by atoms with Crippen LogP contribution in [0.25, 0.3) is 0 Å². The van der Waals surface area contributed by atoms with Crippen LogP contribution in [-0.2, 0) is 14.6 Å². The predicted octanol–water partition coefficient (Wildman–Crippen LogP) is 6.72. The molecule has 3 saturated carbocycles. The van der Waals surface area contributed by atoms with Crippen molar-refractivity contribution in [3.63, 3.8) is 0 Å². The molecule has 4 aliphatic carbocycles. The molecule has 34 heavy (non-hydrogen) atoms. The number of rotatable bonds is 8. The number of allylic oxidation sites excluding steroid dienone is 1. The van der Waals surface area contributed by atoms with E-state index < -0.39 is 22.1 Å². The maximum absolute atomic E-state index is 11.3. The third-order valence-corrected chi connectivity index (χ3v) is 11.4. The van der Waals surface area contributed by atoms with Gasteiger partial charge < -0.3 is 5.11 Å². The van der Waals surface area contributed by atoms with Gasteiger partial charge in [-0.3, -0.25) is 4.55 Å². The summed E-state index contributed by atoms with van der Waals surface area (Å²) >= 11 is 0. The molecule has 0 aromatic heterocycles. The molecule has 6 heteroatoms. The van der Waals surface area contributed by atoms with E-state index in [0.717, 1.165) is 49.9 Å². The molecule has 0 radical (unpaired) electrons. The minimum Gasteiger partial charge on any atom is -0.390 e. The predicted molar refractivity (Wildman–Crippen MR) is 136 cm³/mol. The second-order valence-corrected chi connectivity index (χ2v) is 14.2. The number of aliphatic hydroxyl groups is 1. The van der Waals surface area contributed by atoms with Gasteiger partial charge in [-0.05, 0) is 118 Å². The molecule has 0 aliphatic heterocycles. The minimum absolute atomic E-state index is 0.180. The van der Waals surface area contributed by atoms with E-state index in [1.54, 1.807) is 0 Å². The zero-order valence-electron chi connectivity index (χ0n) is 22.1. The largest absolute Gasteiger partial charge is 0.397 e. The van der Waals surface area contributed by atoms with Crippen LogP contribution in [-0.4, -0.2) is 29.8 Å². The first-order valence-electron chi connectivity index (χ1n) is 13.9. The minimum atomic E-state index is -4.40. The van der Waals surface area contributed by atoms with Gasteiger partial charge in [0, 0.05) is 0 Å². The highest BCUT2D eigenvalue weighted by Gasteiger charge is 2.59. The summed E-state index contributed by atoms with van der Waals surface area (Å²) in [7, 11) is -4.40. The zero-order valence-corrected chi connectivity index (χ0v) is 22.9. The summed E-state index contributed by atoms with van der Waals surface area (Å²) in [5.41, 5.74) is 1.43. The van der Waals surface area contributed by atoms with Gasteiger partial charge in [-0.2, -0.15) is 8.42 Å². The second kappa shape index (κ2) is 9.46. The summed E-state index contributed by atoms with van der Waals surface area (Å²) in [6.07, 6.45) is 15.0. The summed E-state index contributed by atoms with van der Waals surface area (Å²) < 4.78 is 36.8. The fourth-order valence-electron chi connectivity index (χ4n) is 9.37. The molecule has 0 heterocycles. The van der Waals surface area contributed by atoms with Gasteiger partial charge in [0.15, 0.2) is 0 Å². The fraction of sp³-hybridized carbons (Fsp3) is 0.929. The lowest BCUT2D eigenvalue weighted by molar-refractivity contribution is -0.0634. The lowest BCUT2D eigenvalue weighted by atomic mass is 9.46. The van der Waals surface area contributed by atoms with Crippen molar-refractivity contribution in [3.05, 3.63) is 11.6 Å². The Bertz CT molecular complexity index is 874. The van der Waals surface area contributed by atoms with E-state index in [1.807, 2.05) is 13.8 Å². The van der Waals surface area contributed by atoms with Crippen LogP contribution in [0.2, 0.25) is 0 Å². The van der Waals surface area contributed by atoms with Crippen LogP contribution in [0.5, 0.6) is 0 Å². The average Bonchev–Trinajstić information content (AvgIpc) is 3.08. The van der Waals surface area contributed by atoms with Crippen molar-refractivity contribution in [2.75, 3.05) is 0 Å². The third-order valence-electron chi connectivity index (χ3n) is 10.9. The maximum atomic E-state index is 11.3. The summed E-state index contributed by atoms with van der Waals surface area (Å²) in [5.74, 6) is 3.68. The Kier molecular flexibility index (Phi) is 7.41. The van der Waals surface area contributed by atoms with E-state index in [0.29, 0.717) is 30.1 Å². The van der Waals surface area contributed by atoms with Crippen LogP contribution in [0.15, 0.2) is 11.6 Å². The van der Waals surface area contributed by atoms with Crippen LogP contribution in [0, 0.1) is 40.4 Å². The topological polar surface area (TPSA) is 83.8 Å². The zero-order chi connectivity index (χ0) is 24.9. The average molecular weight is 497 g/mol. The van der Waals surface area contributed by atoms with Crippen molar-refractivity contribution in [3.8, 4) is 0 Å². The molecule has 2 N–H and O–H groups in total. The maximum Gasteiger partial charge on any atom is 0.397 e. The molecular formula is C28H48O5S. The van der Waals surface area contributed by atoms with Gasteiger partial charge in [0.05, 0.1) is 11.7 Å². The quantitative estimate of drug-likeness (QED) is 0.288. The first kappa shape index (κ1) is 26.6. The molecule has 5 nitrogen and oxygen atoms in total. The van der Waals surface area contributed by atoms with Gasteiger partial charge in [-0.1, -0.05) is 45.3 Å². The van der Waals surface area contributed by atoms with Crippen LogP contribution in [0.1, 0.15) is 112 Å². The highest BCUT2D eigenvalue weighted by atomic mass is 32.3. The first-order chi connectivity index (χ1) is 15.8. The van der Waals surface area contributed by atoms with E-state index >= 15 is 0 Å². The highest BCUT2D eigenvalue weighted by molar-refractivity contribution is 7.80. The monoisotopic (exact) mass is 496 g/mol. The Morgan fingerprint density at radius 2 is 1.91 bits per heavy atom. The Balaban J connectivity index is 1.49. The normalized spacial score (nSPS) is 41.3. The molecule has 0 bridgehead atoms. The summed E-state index contributed by atoms with van der Waals surface area (Å²) in [5, 5.41) is 10.1. The molecular weight excluding hydrogens is 448 g/mol. The molecule has 196 valence electrons. The molecule has 0 spiro atoms. The Hall–Kier alpha value is -0.430. The van der Waals surface area contributed by atoms with E-state index in [2.05, 4.69) is 26.8 Å². The number of hydrogen-bond donors (Lipinski definition) is 2. The molecule has 4 rings (SSSR count). The van der Waals surface area contributed by atoms with Crippen LogP contribution >= 0.6 is 0 Å². The molecule has 8 atom stereocenters. The lowest BCUT2D eigenvalue weighted by Gasteiger charge is -2.59. The molecule has 0 saturated heterocycles. The molecule has 8 unspecified atom stereocenters. The Labute approximate surface area is 208 Å². The molecule has 0 aromatic carbocycles. The van der Waals surface area contributed by atoms with E-state index in [1.165, 1.54) is 37.7 Å². The third kappa shape index (κ3) is 5.03. The van der Waals surface area contributed by atoms with Gasteiger partial charge in [-0.15, -0.1) is 0 Å². The molecule has 0 amide bonds. The van der Waals surface area contributed by atoms with Gasteiger partial charge in [0.25, 0.3) is 0 Å². The van der Waals surface area contributed by atoms with Crippen LogP contribution in [0.3, 0.4) is 0 Å². The van der Waals surface area contributed by atoms with Crippen molar-refractivity contribution in [2.45, 2.75) is 123 Å². The van der Waals surface area contributed by atoms with Crippen LogP contribution < -0.4 is 0 Å². The lowest BCUT2D eigenvalue weighted by Crippen LogP contribution is -2.52. The van der Waals surface area contributed by atoms with Gasteiger partial charge in [0.1, 0.15) is 0 Å². The van der Waals surface area contributed by atoms with Gasteiger partial charge >= 0.3 is 10.4 Å². The highest BCUT2D eigenvalue weighted by Crippen LogP contribution is 2.68. The fourth-order valence-corrected chi connectivity index (χ4v) is 9.88. The van der Waals surface area contributed by atoms with Crippen molar-refractivity contribution >= 4 is 10.4 Å². The Morgan fingerprint density at radius 1 is 1.18 bits per heavy atom. The Morgan fingerprint density at radius 3 is 2.56 bits per heavy atom. The van der Waals surface area contributed by atoms with Crippen molar-refractivity contribution in [2.24, 2.45) is 40.4 Å². The smallest absolute Gasteiger partial charge is 0.390 e. The number of fused-ring (bicyclic) bond motifs is 5. The van der Waals surface area contributed by atoms with E-state index in [9.17, 15) is 18.1 Å². The van der Waals surface area contributed by atoms with E-state index in [-0.39, 0.29) is 5.41 Å². The van der Waals surface area contributed by atoms with Crippen molar-refractivity contribution in [1.82, 2.24) is 0 Å². The standard InChI is InChI=1S/C28H48O5S/c1-6-28-17-13-21(33-34(30,31)32)18-20(28)9-10-22-24-12-11-23(27(24,5)16-14-25(22)28)19(2)8-7-15-26(3,4)29/h9,19,21-25,29H,6-8,10-18H2,1-5H3,(H,30,31,32). The molecule has 3 fully saturated rings. The summed E-state index contributed by atoms with van der Waals surface area (Å²) in [4.78, 5) is 0. The first-order valence-corrected chi connectivity index (χ1v) is 15.2.